The zero-order valence-electron chi connectivity index (χ0n) is 17.2. The molecule has 1 unspecified atom stereocenters. The SMILES string of the molecule is O=C(O)[C@H](Cc1cnc2ccccc2c1)NS(=O)(=O)C1CC=C(C#Cc2ccc(F)cc2)S1. The summed E-state index contributed by atoms with van der Waals surface area (Å²) in [5, 5.41) is 10.5. The number of allylic oxidation sites excluding steroid dienone is 2. The highest BCUT2D eigenvalue weighted by molar-refractivity contribution is 8.15. The van der Waals surface area contributed by atoms with Gasteiger partial charge in [0.2, 0.25) is 10.0 Å². The molecule has 3 aromatic rings. The Balaban J connectivity index is 1.43. The van der Waals surface area contributed by atoms with Crippen molar-refractivity contribution in [2.75, 3.05) is 0 Å². The predicted octanol–water partition coefficient (Wildman–Crippen LogP) is 3.69. The minimum absolute atomic E-state index is 0.0333. The van der Waals surface area contributed by atoms with Crippen LogP contribution in [-0.2, 0) is 21.2 Å². The first-order chi connectivity index (χ1) is 15.8. The number of aliphatic carboxylic acids is 1. The Morgan fingerprint density at radius 1 is 1.21 bits per heavy atom. The molecular weight excluding hydrogens is 463 g/mol. The number of hydrogen-bond donors (Lipinski definition) is 2. The zero-order chi connectivity index (χ0) is 23.4. The molecule has 0 aliphatic carbocycles. The van der Waals surface area contributed by atoms with Crippen LogP contribution < -0.4 is 4.72 Å². The van der Waals surface area contributed by atoms with Crippen LogP contribution in [0.4, 0.5) is 4.39 Å². The molecule has 2 atom stereocenters. The number of hydrogen-bond acceptors (Lipinski definition) is 5. The predicted molar refractivity (Wildman–Crippen MR) is 126 cm³/mol. The van der Waals surface area contributed by atoms with E-state index >= 15 is 0 Å². The maximum atomic E-state index is 13.0. The van der Waals surface area contributed by atoms with Gasteiger partial charge >= 0.3 is 5.97 Å². The van der Waals surface area contributed by atoms with E-state index in [2.05, 4.69) is 21.5 Å². The molecule has 2 heterocycles. The van der Waals surface area contributed by atoms with Gasteiger partial charge in [-0.1, -0.05) is 47.9 Å². The number of carboxylic acid groups (broad SMARTS) is 1. The average Bonchev–Trinajstić information content (AvgIpc) is 3.28. The van der Waals surface area contributed by atoms with E-state index in [9.17, 15) is 22.7 Å². The summed E-state index contributed by atoms with van der Waals surface area (Å²) in [6, 6.07) is 13.6. The minimum Gasteiger partial charge on any atom is -0.480 e. The Morgan fingerprint density at radius 2 is 1.97 bits per heavy atom. The Hall–Kier alpha value is -3.19. The summed E-state index contributed by atoms with van der Waals surface area (Å²) in [6.07, 6.45) is 3.43. The lowest BCUT2D eigenvalue weighted by atomic mass is 10.1. The number of halogens is 1. The molecule has 0 saturated heterocycles. The molecule has 2 aromatic carbocycles. The van der Waals surface area contributed by atoms with Crippen LogP contribution in [0, 0.1) is 17.7 Å². The van der Waals surface area contributed by atoms with Crippen LogP contribution in [0.1, 0.15) is 17.5 Å². The maximum absolute atomic E-state index is 13.0. The van der Waals surface area contributed by atoms with E-state index in [1.165, 1.54) is 24.3 Å². The highest BCUT2D eigenvalue weighted by Crippen LogP contribution is 2.35. The molecule has 2 N–H and O–H groups in total. The second-order valence-corrected chi connectivity index (χ2v) is 10.8. The maximum Gasteiger partial charge on any atom is 0.322 e. The number of para-hydroxylation sites is 1. The number of benzene rings is 2. The number of nitrogens with one attached hydrogen (secondary N) is 1. The van der Waals surface area contributed by atoms with Crippen molar-refractivity contribution in [3.05, 3.63) is 88.7 Å². The number of rotatable bonds is 6. The quantitative estimate of drug-likeness (QED) is 0.521. The van der Waals surface area contributed by atoms with Crippen LogP contribution in [0.2, 0.25) is 0 Å². The van der Waals surface area contributed by atoms with Crippen molar-refractivity contribution < 1.29 is 22.7 Å². The van der Waals surface area contributed by atoms with Gasteiger partial charge < -0.3 is 5.11 Å². The van der Waals surface area contributed by atoms with Gasteiger partial charge in [0.1, 0.15) is 16.4 Å². The number of sulfonamides is 1. The molecule has 0 fully saturated rings. The van der Waals surface area contributed by atoms with Crippen LogP contribution >= 0.6 is 11.8 Å². The van der Waals surface area contributed by atoms with Crippen LogP contribution in [0.5, 0.6) is 0 Å². The fraction of sp³-hybridized carbons (Fsp3) is 0.167. The molecular formula is C24H19FN2O4S2. The highest BCUT2D eigenvalue weighted by atomic mass is 32.3. The van der Waals surface area contributed by atoms with E-state index in [1.807, 2.05) is 30.3 Å². The largest absolute Gasteiger partial charge is 0.480 e. The first-order valence-electron chi connectivity index (χ1n) is 10.0. The molecule has 4 rings (SSSR count). The number of pyridine rings is 1. The number of thioether (sulfide) groups is 1. The van der Waals surface area contributed by atoms with Crippen LogP contribution in [-0.4, -0.2) is 35.1 Å². The summed E-state index contributed by atoms with van der Waals surface area (Å²) in [6.45, 7) is 0. The first-order valence-corrected chi connectivity index (χ1v) is 12.4. The van der Waals surface area contributed by atoms with Crippen LogP contribution in [0.25, 0.3) is 10.9 Å². The molecule has 1 aliphatic rings. The second-order valence-electron chi connectivity index (χ2n) is 7.40. The lowest BCUT2D eigenvalue weighted by Gasteiger charge is -2.18. The number of nitrogens with zero attached hydrogens (tertiary/aromatic N) is 1. The molecule has 0 amide bonds. The molecule has 0 bridgehead atoms. The summed E-state index contributed by atoms with van der Waals surface area (Å²) in [5.74, 6) is 4.13. The molecule has 1 aromatic heterocycles. The third-order valence-electron chi connectivity index (χ3n) is 4.97. The van der Waals surface area contributed by atoms with Crippen LogP contribution in [0.15, 0.2) is 71.8 Å². The highest BCUT2D eigenvalue weighted by Gasteiger charge is 2.34. The summed E-state index contributed by atoms with van der Waals surface area (Å²) in [7, 11) is -3.95. The number of carboxylic acids is 1. The van der Waals surface area contributed by atoms with E-state index in [1.54, 1.807) is 12.3 Å². The smallest absolute Gasteiger partial charge is 0.322 e. The third-order valence-corrected chi connectivity index (χ3v) is 8.49. The van der Waals surface area contributed by atoms with E-state index in [0.717, 1.165) is 22.7 Å². The third kappa shape index (κ3) is 5.79. The molecule has 9 heteroatoms. The minimum atomic E-state index is -3.95. The lowest BCUT2D eigenvalue weighted by molar-refractivity contribution is -0.138. The first kappa shape index (κ1) is 23.0. The molecule has 0 saturated carbocycles. The van der Waals surface area contributed by atoms with Crippen molar-refractivity contribution in [3.8, 4) is 11.8 Å². The Kier molecular flexibility index (Phi) is 6.79. The van der Waals surface area contributed by atoms with Gasteiger partial charge in [-0.05, 0) is 48.4 Å². The van der Waals surface area contributed by atoms with E-state index in [4.69, 9.17) is 0 Å². The normalized spacial score (nSPS) is 16.6. The van der Waals surface area contributed by atoms with Gasteiger partial charge in [0, 0.05) is 23.6 Å². The monoisotopic (exact) mass is 482 g/mol. The molecule has 0 spiro atoms. The van der Waals surface area contributed by atoms with Gasteiger partial charge in [-0.2, -0.15) is 4.72 Å². The molecule has 1 aliphatic heterocycles. The zero-order valence-corrected chi connectivity index (χ0v) is 18.9. The Morgan fingerprint density at radius 3 is 2.73 bits per heavy atom. The van der Waals surface area contributed by atoms with E-state index < -0.39 is 26.6 Å². The summed E-state index contributed by atoms with van der Waals surface area (Å²) >= 11 is 1.06. The molecule has 6 nitrogen and oxygen atoms in total. The van der Waals surface area contributed by atoms with Gasteiger partial charge in [-0.25, -0.2) is 12.8 Å². The number of carbonyl (C=O) groups is 1. The summed E-state index contributed by atoms with van der Waals surface area (Å²) in [4.78, 5) is 16.7. The summed E-state index contributed by atoms with van der Waals surface area (Å²) in [5.41, 5.74) is 2.00. The van der Waals surface area contributed by atoms with Gasteiger partial charge in [0.15, 0.2) is 0 Å². The van der Waals surface area contributed by atoms with Gasteiger partial charge in [0.25, 0.3) is 0 Å². The van der Waals surface area contributed by atoms with E-state index in [0.29, 0.717) is 16.0 Å². The topological polar surface area (TPSA) is 96.4 Å². The fourth-order valence-electron chi connectivity index (χ4n) is 3.30. The molecule has 168 valence electrons. The van der Waals surface area contributed by atoms with E-state index in [-0.39, 0.29) is 18.7 Å². The summed E-state index contributed by atoms with van der Waals surface area (Å²) < 4.78 is 40.2. The fourth-order valence-corrected chi connectivity index (χ4v) is 6.14. The Bertz CT molecular complexity index is 1390. The molecule has 0 radical (unpaired) electrons. The number of aromatic nitrogens is 1. The van der Waals surface area contributed by atoms with Gasteiger partial charge in [-0.3, -0.25) is 9.78 Å². The van der Waals surface area contributed by atoms with Crippen LogP contribution in [0.3, 0.4) is 0 Å². The van der Waals surface area contributed by atoms with Crippen molar-refractivity contribution in [3.63, 3.8) is 0 Å². The Labute approximate surface area is 195 Å². The lowest BCUT2D eigenvalue weighted by Crippen LogP contribution is -2.45. The van der Waals surface area contributed by atoms with Crippen molar-refractivity contribution in [2.45, 2.75) is 23.5 Å². The van der Waals surface area contributed by atoms with Crippen molar-refractivity contribution in [1.82, 2.24) is 9.71 Å². The van der Waals surface area contributed by atoms with Crippen molar-refractivity contribution >= 4 is 38.7 Å². The standard InChI is InChI=1S/C24H19FN2O4S2/c25-19-8-5-16(6-9-19)7-10-20-11-12-23(32-20)33(30,31)27-22(24(28)29)14-17-13-18-3-1-2-4-21(18)26-15-17/h1-6,8-9,11,13,15,22-23,27H,12,14H2,(H,28,29)/t22-,23?/m0/s1. The molecule has 33 heavy (non-hydrogen) atoms. The van der Waals surface area contributed by atoms with Crippen molar-refractivity contribution in [2.24, 2.45) is 0 Å². The van der Waals surface area contributed by atoms with Gasteiger partial charge in [-0.15, -0.1) is 0 Å². The van der Waals surface area contributed by atoms with Crippen molar-refractivity contribution in [1.29, 1.82) is 0 Å². The number of fused-ring (bicyclic) bond motifs is 1. The average molecular weight is 483 g/mol. The second kappa shape index (κ2) is 9.75. The van der Waals surface area contributed by atoms with Gasteiger partial charge in [0.05, 0.1) is 10.4 Å².